The number of anilines is 1. The SMILES string of the molecule is O=C(COC(=O)c1ccc2c(c1)CCC2)NCC(=O)Nc1ccc(F)cc1. The fraction of sp³-hybridized carbons (Fsp3) is 0.250. The molecule has 0 bridgehead atoms. The van der Waals surface area contributed by atoms with Crippen molar-refractivity contribution in [3.05, 3.63) is 65.0 Å². The molecule has 2 N–H and O–H groups in total. The van der Waals surface area contributed by atoms with Crippen LogP contribution in [-0.4, -0.2) is 30.9 Å². The van der Waals surface area contributed by atoms with Crippen molar-refractivity contribution < 1.29 is 23.5 Å². The van der Waals surface area contributed by atoms with E-state index in [2.05, 4.69) is 10.6 Å². The molecular weight excluding hydrogens is 351 g/mol. The number of halogens is 1. The molecule has 1 aliphatic rings. The molecule has 3 rings (SSSR count). The maximum absolute atomic E-state index is 12.8. The Morgan fingerprint density at radius 2 is 1.70 bits per heavy atom. The first-order valence-electron chi connectivity index (χ1n) is 8.62. The summed E-state index contributed by atoms with van der Waals surface area (Å²) in [6, 6.07) is 10.7. The first-order chi connectivity index (χ1) is 13.0. The Bertz CT molecular complexity index is 865. The van der Waals surface area contributed by atoms with E-state index in [4.69, 9.17) is 4.74 Å². The standard InChI is InChI=1S/C20H19FN2O4/c21-16-6-8-17(9-7-16)23-18(24)11-22-19(25)12-27-20(26)15-5-4-13-2-1-3-14(13)10-15/h4-10H,1-3,11-12H2,(H,22,25)(H,23,24). The van der Waals surface area contributed by atoms with Gasteiger partial charge in [-0.15, -0.1) is 0 Å². The number of carbonyl (C=O) groups excluding carboxylic acids is 3. The fourth-order valence-corrected chi connectivity index (χ4v) is 2.88. The Morgan fingerprint density at radius 3 is 2.48 bits per heavy atom. The summed E-state index contributed by atoms with van der Waals surface area (Å²) < 4.78 is 17.8. The summed E-state index contributed by atoms with van der Waals surface area (Å²) in [7, 11) is 0. The maximum atomic E-state index is 12.8. The zero-order valence-corrected chi connectivity index (χ0v) is 14.6. The van der Waals surface area contributed by atoms with Crippen LogP contribution >= 0.6 is 0 Å². The lowest BCUT2D eigenvalue weighted by atomic mass is 10.1. The Hall–Kier alpha value is -3.22. The minimum absolute atomic E-state index is 0.285. The van der Waals surface area contributed by atoms with E-state index in [0.717, 1.165) is 24.8 Å². The molecule has 0 saturated carbocycles. The van der Waals surface area contributed by atoms with Gasteiger partial charge >= 0.3 is 5.97 Å². The lowest BCUT2D eigenvalue weighted by Crippen LogP contribution is -2.35. The average molecular weight is 370 g/mol. The number of carbonyl (C=O) groups is 3. The van der Waals surface area contributed by atoms with Gasteiger partial charge in [-0.1, -0.05) is 6.07 Å². The molecule has 0 heterocycles. The summed E-state index contributed by atoms with van der Waals surface area (Å²) >= 11 is 0. The number of aryl methyl sites for hydroxylation is 2. The van der Waals surface area contributed by atoms with Crippen LogP contribution in [0.4, 0.5) is 10.1 Å². The minimum atomic E-state index is -0.584. The molecule has 6 nitrogen and oxygen atoms in total. The minimum Gasteiger partial charge on any atom is -0.452 e. The summed E-state index contributed by atoms with van der Waals surface area (Å²) in [6.07, 6.45) is 3.05. The van der Waals surface area contributed by atoms with Crippen molar-refractivity contribution >= 4 is 23.5 Å². The zero-order valence-electron chi connectivity index (χ0n) is 14.6. The molecule has 0 fully saturated rings. The molecule has 0 radical (unpaired) electrons. The van der Waals surface area contributed by atoms with Crippen LogP contribution in [0.15, 0.2) is 42.5 Å². The van der Waals surface area contributed by atoms with Gasteiger partial charge in [0.25, 0.3) is 5.91 Å². The average Bonchev–Trinajstić information content (AvgIpc) is 3.14. The van der Waals surface area contributed by atoms with Crippen molar-refractivity contribution in [3.8, 4) is 0 Å². The summed E-state index contributed by atoms with van der Waals surface area (Å²) in [5.74, 6) is -2.04. The third-order valence-electron chi connectivity index (χ3n) is 4.24. The van der Waals surface area contributed by atoms with Crippen LogP contribution in [0.5, 0.6) is 0 Å². The molecule has 27 heavy (non-hydrogen) atoms. The number of fused-ring (bicyclic) bond motifs is 1. The molecule has 0 aromatic heterocycles. The van der Waals surface area contributed by atoms with E-state index in [9.17, 15) is 18.8 Å². The van der Waals surface area contributed by atoms with Crippen LogP contribution in [0.25, 0.3) is 0 Å². The van der Waals surface area contributed by atoms with Gasteiger partial charge in [0, 0.05) is 5.69 Å². The Morgan fingerprint density at radius 1 is 0.963 bits per heavy atom. The number of nitrogens with one attached hydrogen (secondary N) is 2. The number of rotatable bonds is 6. The van der Waals surface area contributed by atoms with Gasteiger partial charge < -0.3 is 15.4 Å². The highest BCUT2D eigenvalue weighted by Gasteiger charge is 2.16. The van der Waals surface area contributed by atoms with Gasteiger partial charge in [-0.05, 0) is 66.8 Å². The van der Waals surface area contributed by atoms with Crippen molar-refractivity contribution in [1.82, 2.24) is 5.32 Å². The first-order valence-corrected chi connectivity index (χ1v) is 8.62. The van der Waals surface area contributed by atoms with E-state index in [1.54, 1.807) is 12.1 Å². The summed E-state index contributed by atoms with van der Waals surface area (Å²) in [6.45, 7) is -0.758. The van der Waals surface area contributed by atoms with E-state index < -0.39 is 30.2 Å². The zero-order chi connectivity index (χ0) is 19.2. The highest BCUT2D eigenvalue weighted by molar-refractivity contribution is 5.95. The predicted molar refractivity (Wildman–Crippen MR) is 96.8 cm³/mol. The summed E-state index contributed by atoms with van der Waals surface area (Å²) in [5.41, 5.74) is 3.22. The highest BCUT2D eigenvalue weighted by atomic mass is 19.1. The quantitative estimate of drug-likeness (QED) is 0.764. The molecule has 2 aromatic rings. The number of benzene rings is 2. The molecule has 2 amide bonds. The van der Waals surface area contributed by atoms with Crippen molar-refractivity contribution in [2.75, 3.05) is 18.5 Å². The largest absolute Gasteiger partial charge is 0.452 e. The van der Waals surface area contributed by atoms with Crippen LogP contribution in [0, 0.1) is 5.82 Å². The van der Waals surface area contributed by atoms with Crippen molar-refractivity contribution in [2.45, 2.75) is 19.3 Å². The third-order valence-corrected chi connectivity index (χ3v) is 4.24. The van der Waals surface area contributed by atoms with Gasteiger partial charge in [0.2, 0.25) is 5.91 Å². The molecule has 0 spiro atoms. The lowest BCUT2D eigenvalue weighted by Gasteiger charge is -2.08. The van der Waals surface area contributed by atoms with E-state index in [0.29, 0.717) is 11.3 Å². The van der Waals surface area contributed by atoms with E-state index in [1.165, 1.54) is 29.8 Å². The summed E-state index contributed by atoms with van der Waals surface area (Å²) in [5, 5.41) is 4.87. The van der Waals surface area contributed by atoms with Gasteiger partial charge in [0.15, 0.2) is 6.61 Å². The second-order valence-corrected chi connectivity index (χ2v) is 6.24. The number of esters is 1. The molecule has 140 valence electrons. The van der Waals surface area contributed by atoms with Crippen molar-refractivity contribution in [1.29, 1.82) is 0 Å². The predicted octanol–water partition coefficient (Wildman–Crippen LogP) is 2.23. The summed E-state index contributed by atoms with van der Waals surface area (Å²) in [4.78, 5) is 35.5. The van der Waals surface area contributed by atoms with E-state index in [1.807, 2.05) is 6.07 Å². The van der Waals surface area contributed by atoms with Crippen LogP contribution < -0.4 is 10.6 Å². The molecule has 0 saturated heterocycles. The molecular formula is C20H19FN2O4. The Labute approximate surface area is 155 Å². The van der Waals surface area contributed by atoms with E-state index in [-0.39, 0.29) is 6.54 Å². The smallest absolute Gasteiger partial charge is 0.338 e. The Balaban J connectivity index is 1.40. The normalized spacial score (nSPS) is 12.2. The molecule has 0 aliphatic heterocycles. The Kier molecular flexibility index (Phi) is 5.80. The molecule has 1 aliphatic carbocycles. The maximum Gasteiger partial charge on any atom is 0.338 e. The van der Waals surface area contributed by atoms with E-state index >= 15 is 0 Å². The number of hydrogen-bond acceptors (Lipinski definition) is 4. The topological polar surface area (TPSA) is 84.5 Å². The van der Waals surface area contributed by atoms with Gasteiger partial charge in [-0.2, -0.15) is 0 Å². The van der Waals surface area contributed by atoms with Gasteiger partial charge in [-0.3, -0.25) is 9.59 Å². The van der Waals surface area contributed by atoms with Crippen LogP contribution in [0.1, 0.15) is 27.9 Å². The monoisotopic (exact) mass is 370 g/mol. The van der Waals surface area contributed by atoms with Crippen LogP contribution in [0.2, 0.25) is 0 Å². The van der Waals surface area contributed by atoms with Crippen LogP contribution in [-0.2, 0) is 27.2 Å². The second-order valence-electron chi connectivity index (χ2n) is 6.24. The van der Waals surface area contributed by atoms with Gasteiger partial charge in [0.1, 0.15) is 5.82 Å². The molecule has 7 heteroatoms. The molecule has 2 aromatic carbocycles. The second kappa shape index (κ2) is 8.44. The van der Waals surface area contributed by atoms with Crippen LogP contribution in [0.3, 0.4) is 0 Å². The first kappa shape index (κ1) is 18.6. The number of ether oxygens (including phenoxy) is 1. The van der Waals surface area contributed by atoms with Crippen molar-refractivity contribution in [3.63, 3.8) is 0 Å². The number of amides is 2. The molecule has 0 atom stereocenters. The number of hydrogen-bond donors (Lipinski definition) is 2. The van der Waals surface area contributed by atoms with Crippen molar-refractivity contribution in [2.24, 2.45) is 0 Å². The molecule has 0 unspecified atom stereocenters. The third kappa shape index (κ3) is 5.13. The van der Waals surface area contributed by atoms with Gasteiger partial charge in [-0.25, -0.2) is 9.18 Å². The highest BCUT2D eigenvalue weighted by Crippen LogP contribution is 2.23. The fourth-order valence-electron chi connectivity index (χ4n) is 2.88. The lowest BCUT2D eigenvalue weighted by molar-refractivity contribution is -0.126. The van der Waals surface area contributed by atoms with Gasteiger partial charge in [0.05, 0.1) is 12.1 Å².